The summed E-state index contributed by atoms with van der Waals surface area (Å²) in [5.41, 5.74) is -0.226. The van der Waals surface area contributed by atoms with Gasteiger partial charge in [0, 0.05) is 6.20 Å². The van der Waals surface area contributed by atoms with Gasteiger partial charge < -0.3 is 5.11 Å². The first-order valence-corrected chi connectivity index (χ1v) is 3.14. The first-order chi connectivity index (χ1) is 5.59. The van der Waals surface area contributed by atoms with Crippen LogP contribution in [0.15, 0.2) is 12.3 Å². The minimum Gasteiger partial charge on any atom is -0.476 e. The Kier molecular flexibility index (Phi) is 2.37. The molecular formula is C6H6F2N2O2. The number of hydrogen-bond acceptors (Lipinski definition) is 2. The Bertz CT molecular complexity index is 285. The highest BCUT2D eigenvalue weighted by molar-refractivity contribution is 5.84. The van der Waals surface area contributed by atoms with Crippen molar-refractivity contribution in [2.75, 3.05) is 0 Å². The van der Waals surface area contributed by atoms with Crippen molar-refractivity contribution in [2.24, 2.45) is 0 Å². The van der Waals surface area contributed by atoms with Crippen LogP contribution in [-0.4, -0.2) is 27.3 Å². The fourth-order valence-electron chi connectivity index (χ4n) is 0.719. The maximum Gasteiger partial charge on any atom is 0.356 e. The lowest BCUT2D eigenvalue weighted by molar-refractivity contribution is 0.0686. The Morgan fingerprint density at radius 2 is 2.42 bits per heavy atom. The fourth-order valence-corrected chi connectivity index (χ4v) is 0.719. The number of carboxylic acid groups (broad SMARTS) is 1. The molecule has 0 atom stereocenters. The summed E-state index contributed by atoms with van der Waals surface area (Å²) in [4.78, 5) is 10.2. The summed E-state index contributed by atoms with van der Waals surface area (Å²) in [6, 6.07) is 1.17. The number of aromatic nitrogens is 2. The third kappa shape index (κ3) is 2.01. The van der Waals surface area contributed by atoms with E-state index in [9.17, 15) is 13.6 Å². The van der Waals surface area contributed by atoms with E-state index >= 15 is 0 Å². The monoisotopic (exact) mass is 176 g/mol. The average molecular weight is 176 g/mol. The van der Waals surface area contributed by atoms with Crippen LogP contribution in [0.25, 0.3) is 0 Å². The minimum absolute atomic E-state index is 0.226. The summed E-state index contributed by atoms with van der Waals surface area (Å²) in [5, 5.41) is 11.8. The summed E-state index contributed by atoms with van der Waals surface area (Å²) < 4.78 is 24.3. The van der Waals surface area contributed by atoms with Crippen LogP contribution >= 0.6 is 0 Å². The number of rotatable bonds is 3. The maximum atomic E-state index is 11.7. The molecule has 0 aliphatic carbocycles. The van der Waals surface area contributed by atoms with Crippen molar-refractivity contribution in [3.63, 3.8) is 0 Å². The second kappa shape index (κ2) is 3.29. The zero-order valence-corrected chi connectivity index (χ0v) is 5.94. The van der Waals surface area contributed by atoms with Gasteiger partial charge >= 0.3 is 5.97 Å². The Morgan fingerprint density at radius 3 is 2.83 bits per heavy atom. The van der Waals surface area contributed by atoms with E-state index in [4.69, 9.17) is 5.11 Å². The number of aromatic carboxylic acids is 1. The third-order valence-electron chi connectivity index (χ3n) is 1.18. The minimum atomic E-state index is -2.52. The second-order valence-corrected chi connectivity index (χ2v) is 2.12. The predicted octanol–water partition coefficient (Wildman–Crippen LogP) is 0.846. The van der Waals surface area contributed by atoms with Crippen molar-refractivity contribution in [1.82, 2.24) is 9.78 Å². The van der Waals surface area contributed by atoms with Gasteiger partial charge in [-0.05, 0) is 6.07 Å². The molecule has 1 N–H and O–H groups in total. The van der Waals surface area contributed by atoms with E-state index in [0.29, 0.717) is 0 Å². The van der Waals surface area contributed by atoms with Gasteiger partial charge in [-0.1, -0.05) is 0 Å². The van der Waals surface area contributed by atoms with Crippen LogP contribution in [0.2, 0.25) is 0 Å². The van der Waals surface area contributed by atoms with E-state index in [1.165, 1.54) is 12.3 Å². The summed E-state index contributed by atoms with van der Waals surface area (Å²) in [5.74, 6) is -1.22. The van der Waals surface area contributed by atoms with E-state index in [2.05, 4.69) is 5.10 Å². The van der Waals surface area contributed by atoms with Crippen LogP contribution in [0, 0.1) is 0 Å². The van der Waals surface area contributed by atoms with E-state index in [0.717, 1.165) is 4.68 Å². The van der Waals surface area contributed by atoms with Gasteiger partial charge in [-0.15, -0.1) is 0 Å². The molecule has 66 valence electrons. The highest BCUT2D eigenvalue weighted by atomic mass is 19.3. The van der Waals surface area contributed by atoms with Crippen molar-refractivity contribution >= 4 is 5.97 Å². The van der Waals surface area contributed by atoms with E-state index < -0.39 is 18.9 Å². The van der Waals surface area contributed by atoms with Gasteiger partial charge in [0.1, 0.15) is 6.54 Å². The Hall–Kier alpha value is -1.46. The van der Waals surface area contributed by atoms with E-state index in [-0.39, 0.29) is 5.69 Å². The summed E-state index contributed by atoms with van der Waals surface area (Å²) in [6.45, 7) is -0.576. The van der Waals surface area contributed by atoms with Gasteiger partial charge in [-0.3, -0.25) is 4.68 Å². The number of alkyl halides is 2. The highest BCUT2D eigenvalue weighted by Crippen LogP contribution is 2.00. The van der Waals surface area contributed by atoms with Crippen molar-refractivity contribution in [1.29, 1.82) is 0 Å². The molecule has 0 aliphatic heterocycles. The number of carboxylic acids is 1. The van der Waals surface area contributed by atoms with Crippen molar-refractivity contribution in [2.45, 2.75) is 13.0 Å². The maximum absolute atomic E-state index is 11.7. The molecule has 0 fully saturated rings. The molecular weight excluding hydrogens is 170 g/mol. The van der Waals surface area contributed by atoms with Gasteiger partial charge in [0.25, 0.3) is 6.43 Å². The molecule has 1 heterocycles. The second-order valence-electron chi connectivity index (χ2n) is 2.12. The Balaban J connectivity index is 2.71. The van der Waals surface area contributed by atoms with Gasteiger partial charge in [-0.25, -0.2) is 13.6 Å². The lowest BCUT2D eigenvalue weighted by Crippen LogP contribution is -2.08. The van der Waals surface area contributed by atoms with Crippen LogP contribution in [-0.2, 0) is 6.54 Å². The van der Waals surface area contributed by atoms with Crippen molar-refractivity contribution < 1.29 is 18.7 Å². The van der Waals surface area contributed by atoms with Gasteiger partial charge in [0.05, 0.1) is 0 Å². The molecule has 1 rings (SSSR count). The van der Waals surface area contributed by atoms with Gasteiger partial charge in [0.15, 0.2) is 5.69 Å². The van der Waals surface area contributed by atoms with Crippen LogP contribution in [0.1, 0.15) is 10.5 Å². The molecule has 0 spiro atoms. The summed E-state index contributed by atoms with van der Waals surface area (Å²) in [6.07, 6.45) is -1.32. The number of halogens is 2. The molecule has 0 radical (unpaired) electrons. The first kappa shape index (κ1) is 8.63. The Morgan fingerprint density at radius 1 is 1.75 bits per heavy atom. The van der Waals surface area contributed by atoms with E-state index in [1.807, 2.05) is 0 Å². The smallest absolute Gasteiger partial charge is 0.356 e. The Labute approximate surface area is 66.4 Å². The van der Waals surface area contributed by atoms with Crippen molar-refractivity contribution in [3.05, 3.63) is 18.0 Å². The lowest BCUT2D eigenvalue weighted by atomic mass is 10.5. The van der Waals surface area contributed by atoms with Crippen LogP contribution in [0.4, 0.5) is 8.78 Å². The van der Waals surface area contributed by atoms with Crippen molar-refractivity contribution in [3.8, 4) is 0 Å². The molecule has 1 aromatic rings. The predicted molar refractivity (Wildman–Crippen MR) is 35.2 cm³/mol. The molecule has 12 heavy (non-hydrogen) atoms. The van der Waals surface area contributed by atoms with E-state index in [1.54, 1.807) is 0 Å². The highest BCUT2D eigenvalue weighted by Gasteiger charge is 2.09. The molecule has 0 aromatic carbocycles. The van der Waals surface area contributed by atoms with Crippen LogP contribution < -0.4 is 0 Å². The molecule has 0 bridgehead atoms. The molecule has 0 saturated carbocycles. The molecule has 0 aliphatic rings. The fraction of sp³-hybridized carbons (Fsp3) is 0.333. The summed E-state index contributed by atoms with van der Waals surface area (Å²) >= 11 is 0. The number of hydrogen-bond donors (Lipinski definition) is 1. The SMILES string of the molecule is O=C(O)c1ccn(CC(F)F)n1. The molecule has 6 heteroatoms. The lowest BCUT2D eigenvalue weighted by Gasteiger charge is -1.97. The number of nitrogens with zero attached hydrogens (tertiary/aromatic N) is 2. The topological polar surface area (TPSA) is 55.1 Å². The zero-order chi connectivity index (χ0) is 9.14. The quantitative estimate of drug-likeness (QED) is 0.742. The normalized spacial score (nSPS) is 10.6. The molecule has 0 saturated heterocycles. The average Bonchev–Trinajstić information content (AvgIpc) is 2.34. The third-order valence-corrected chi connectivity index (χ3v) is 1.18. The molecule has 0 amide bonds. The largest absolute Gasteiger partial charge is 0.476 e. The molecule has 1 aromatic heterocycles. The van der Waals surface area contributed by atoms with Crippen LogP contribution in [0.5, 0.6) is 0 Å². The van der Waals surface area contributed by atoms with Gasteiger partial charge in [-0.2, -0.15) is 5.10 Å². The van der Waals surface area contributed by atoms with Crippen LogP contribution in [0.3, 0.4) is 0 Å². The zero-order valence-electron chi connectivity index (χ0n) is 5.94. The van der Waals surface area contributed by atoms with Gasteiger partial charge in [0.2, 0.25) is 0 Å². The number of carbonyl (C=O) groups is 1. The first-order valence-electron chi connectivity index (χ1n) is 3.14. The summed E-state index contributed by atoms with van der Waals surface area (Å²) in [7, 11) is 0. The molecule has 0 unspecified atom stereocenters. The standard InChI is InChI=1S/C6H6F2N2O2/c7-5(8)3-10-2-1-4(9-10)6(11)12/h1-2,5H,3H2,(H,11,12). The molecule has 4 nitrogen and oxygen atoms in total.